The molecule has 82 valence electrons. The molecule has 0 aliphatic carbocycles. The first kappa shape index (κ1) is 11.5. The molecule has 1 aliphatic rings. The fraction of sp³-hybridized carbons (Fsp3) is 0.909. The highest BCUT2D eigenvalue weighted by molar-refractivity contribution is 5.78. The Kier molecular flexibility index (Phi) is 3.53. The van der Waals surface area contributed by atoms with E-state index in [0.29, 0.717) is 0 Å². The molecule has 0 aromatic heterocycles. The number of amides is 1. The van der Waals surface area contributed by atoms with Gasteiger partial charge >= 0.3 is 0 Å². The summed E-state index contributed by atoms with van der Waals surface area (Å²) in [6, 6.07) is 0. The Balaban J connectivity index is 2.47. The summed E-state index contributed by atoms with van der Waals surface area (Å²) in [4.78, 5) is 13.7. The van der Waals surface area contributed by atoms with E-state index >= 15 is 0 Å². The number of likely N-dealkylation sites (tertiary alicyclic amines) is 1. The second-order valence-electron chi connectivity index (χ2n) is 4.99. The van der Waals surface area contributed by atoms with Crippen LogP contribution in [0.3, 0.4) is 0 Å². The van der Waals surface area contributed by atoms with Gasteiger partial charge in [0.05, 0.1) is 0 Å². The van der Waals surface area contributed by atoms with Gasteiger partial charge in [-0.1, -0.05) is 20.8 Å². The zero-order chi connectivity index (χ0) is 10.8. The van der Waals surface area contributed by atoms with Crippen LogP contribution in [0.2, 0.25) is 0 Å². The maximum absolute atomic E-state index is 11.7. The average Bonchev–Trinajstić information content (AvgIpc) is 2.18. The van der Waals surface area contributed by atoms with Crippen LogP contribution < -0.4 is 5.73 Å². The second kappa shape index (κ2) is 4.30. The molecule has 0 aromatic carbocycles. The molecule has 1 rings (SSSR count). The zero-order valence-electron chi connectivity index (χ0n) is 9.55. The molecular formula is C11H22N2O. The van der Waals surface area contributed by atoms with Crippen molar-refractivity contribution in [3.63, 3.8) is 0 Å². The minimum Gasteiger partial charge on any atom is -0.342 e. The molecular weight excluding hydrogens is 176 g/mol. The lowest BCUT2D eigenvalue weighted by Crippen LogP contribution is -2.46. The van der Waals surface area contributed by atoms with E-state index < -0.39 is 0 Å². The van der Waals surface area contributed by atoms with Crippen LogP contribution in [-0.4, -0.2) is 30.4 Å². The van der Waals surface area contributed by atoms with Crippen LogP contribution in [0.4, 0.5) is 0 Å². The molecule has 1 heterocycles. The van der Waals surface area contributed by atoms with Gasteiger partial charge in [0.25, 0.3) is 0 Å². The topological polar surface area (TPSA) is 46.3 Å². The van der Waals surface area contributed by atoms with Crippen molar-refractivity contribution in [3.8, 4) is 0 Å². The molecule has 1 aliphatic heterocycles. The van der Waals surface area contributed by atoms with Crippen molar-refractivity contribution in [1.82, 2.24) is 4.90 Å². The van der Waals surface area contributed by atoms with Crippen LogP contribution in [-0.2, 0) is 4.79 Å². The van der Waals surface area contributed by atoms with Gasteiger partial charge in [0.2, 0.25) is 5.91 Å². The van der Waals surface area contributed by atoms with E-state index in [1.54, 1.807) is 0 Å². The highest BCUT2D eigenvalue weighted by atomic mass is 16.2. The Morgan fingerprint density at radius 1 is 1.43 bits per heavy atom. The van der Waals surface area contributed by atoms with E-state index in [9.17, 15) is 4.79 Å². The van der Waals surface area contributed by atoms with E-state index in [1.165, 1.54) is 0 Å². The first-order chi connectivity index (χ1) is 6.48. The van der Waals surface area contributed by atoms with Crippen molar-refractivity contribution in [2.75, 3.05) is 19.6 Å². The molecule has 1 fully saturated rings. The number of nitrogens with two attached hydrogens (primary N) is 1. The van der Waals surface area contributed by atoms with E-state index in [4.69, 9.17) is 5.73 Å². The number of hydrogen-bond acceptors (Lipinski definition) is 2. The van der Waals surface area contributed by atoms with E-state index in [2.05, 4.69) is 6.92 Å². The van der Waals surface area contributed by atoms with Crippen LogP contribution in [0.25, 0.3) is 0 Å². The van der Waals surface area contributed by atoms with Gasteiger partial charge in [0.1, 0.15) is 0 Å². The molecule has 3 heteroatoms. The summed E-state index contributed by atoms with van der Waals surface area (Å²) in [6.07, 6.45) is 2.09. The molecule has 0 radical (unpaired) electrons. The Labute approximate surface area is 86.6 Å². The molecule has 0 aromatic rings. The zero-order valence-corrected chi connectivity index (χ0v) is 9.55. The highest BCUT2D eigenvalue weighted by Gasteiger charge is 2.31. The molecule has 1 saturated heterocycles. The summed E-state index contributed by atoms with van der Waals surface area (Å²) < 4.78 is 0. The van der Waals surface area contributed by atoms with E-state index in [-0.39, 0.29) is 17.2 Å². The normalized spacial score (nSPS) is 21.4. The molecule has 0 unspecified atom stereocenters. The fourth-order valence-corrected chi connectivity index (χ4v) is 1.84. The maximum Gasteiger partial charge on any atom is 0.225 e. The number of carbonyl (C=O) groups excluding carboxylic acids is 1. The standard InChI is InChI=1S/C11H22N2O/c1-9(2)10(14)13-6-4-11(3,8-12)5-7-13/h9H,4-8,12H2,1-3H3. The number of rotatable bonds is 2. The van der Waals surface area contributed by atoms with Crippen LogP contribution in [0.5, 0.6) is 0 Å². The summed E-state index contributed by atoms with van der Waals surface area (Å²) in [7, 11) is 0. The van der Waals surface area contributed by atoms with Gasteiger partial charge in [0, 0.05) is 19.0 Å². The summed E-state index contributed by atoms with van der Waals surface area (Å²) in [6.45, 7) is 8.62. The molecule has 14 heavy (non-hydrogen) atoms. The molecule has 0 saturated carbocycles. The molecule has 2 N–H and O–H groups in total. The predicted octanol–water partition coefficient (Wildman–Crippen LogP) is 1.23. The van der Waals surface area contributed by atoms with E-state index in [0.717, 1.165) is 32.5 Å². The van der Waals surface area contributed by atoms with E-state index in [1.807, 2.05) is 18.7 Å². The van der Waals surface area contributed by atoms with Gasteiger partial charge in [-0.05, 0) is 24.8 Å². The van der Waals surface area contributed by atoms with Crippen LogP contribution >= 0.6 is 0 Å². The van der Waals surface area contributed by atoms with Crippen molar-refractivity contribution < 1.29 is 4.79 Å². The second-order valence-corrected chi connectivity index (χ2v) is 4.99. The van der Waals surface area contributed by atoms with Crippen molar-refractivity contribution in [3.05, 3.63) is 0 Å². The van der Waals surface area contributed by atoms with Gasteiger partial charge in [-0.25, -0.2) is 0 Å². The predicted molar refractivity (Wildman–Crippen MR) is 57.8 cm³/mol. The largest absolute Gasteiger partial charge is 0.342 e. The molecule has 0 atom stereocenters. The smallest absolute Gasteiger partial charge is 0.225 e. The third kappa shape index (κ3) is 2.47. The monoisotopic (exact) mass is 198 g/mol. The first-order valence-electron chi connectivity index (χ1n) is 5.47. The van der Waals surface area contributed by atoms with Gasteiger partial charge < -0.3 is 10.6 Å². The molecule has 0 spiro atoms. The van der Waals surface area contributed by atoms with Gasteiger partial charge in [-0.3, -0.25) is 4.79 Å². The lowest BCUT2D eigenvalue weighted by Gasteiger charge is -2.39. The summed E-state index contributed by atoms with van der Waals surface area (Å²) in [5, 5.41) is 0. The van der Waals surface area contributed by atoms with Crippen LogP contribution in [0, 0.1) is 11.3 Å². The van der Waals surface area contributed by atoms with Crippen molar-refractivity contribution >= 4 is 5.91 Å². The quantitative estimate of drug-likeness (QED) is 0.725. The molecule has 1 amide bonds. The van der Waals surface area contributed by atoms with Gasteiger partial charge in [-0.2, -0.15) is 0 Å². The van der Waals surface area contributed by atoms with Crippen molar-refractivity contribution in [2.24, 2.45) is 17.1 Å². The average molecular weight is 198 g/mol. The Morgan fingerprint density at radius 2 is 1.93 bits per heavy atom. The number of hydrogen-bond donors (Lipinski definition) is 1. The van der Waals surface area contributed by atoms with Crippen molar-refractivity contribution in [2.45, 2.75) is 33.6 Å². The van der Waals surface area contributed by atoms with Crippen LogP contribution in [0.1, 0.15) is 33.6 Å². The maximum atomic E-state index is 11.7. The lowest BCUT2D eigenvalue weighted by atomic mass is 9.80. The van der Waals surface area contributed by atoms with Crippen LogP contribution in [0.15, 0.2) is 0 Å². The lowest BCUT2D eigenvalue weighted by molar-refractivity contribution is -0.136. The summed E-state index contributed by atoms with van der Waals surface area (Å²) in [5.41, 5.74) is 5.97. The molecule has 0 bridgehead atoms. The third-order valence-electron chi connectivity index (χ3n) is 3.27. The minimum absolute atomic E-state index is 0.122. The number of piperidine rings is 1. The highest BCUT2D eigenvalue weighted by Crippen LogP contribution is 2.29. The summed E-state index contributed by atoms with van der Waals surface area (Å²) in [5.74, 6) is 0.404. The SMILES string of the molecule is CC(C)C(=O)N1CCC(C)(CN)CC1. The summed E-state index contributed by atoms with van der Waals surface area (Å²) >= 11 is 0. The number of nitrogens with zero attached hydrogens (tertiary/aromatic N) is 1. The third-order valence-corrected chi connectivity index (χ3v) is 3.27. The fourth-order valence-electron chi connectivity index (χ4n) is 1.84. The number of carbonyl (C=O) groups is 1. The Bertz CT molecular complexity index is 205. The van der Waals surface area contributed by atoms with Gasteiger partial charge in [0.15, 0.2) is 0 Å². The Morgan fingerprint density at radius 3 is 2.29 bits per heavy atom. The Hall–Kier alpha value is -0.570. The van der Waals surface area contributed by atoms with Gasteiger partial charge in [-0.15, -0.1) is 0 Å². The first-order valence-corrected chi connectivity index (χ1v) is 5.47. The minimum atomic E-state index is 0.122. The molecule has 3 nitrogen and oxygen atoms in total. The van der Waals surface area contributed by atoms with Crippen molar-refractivity contribution in [1.29, 1.82) is 0 Å².